The number of hydrogen-bond donors (Lipinski definition) is 0. The highest BCUT2D eigenvalue weighted by atomic mass is 16.3. The van der Waals surface area contributed by atoms with Crippen molar-refractivity contribution in [2.24, 2.45) is 0 Å². The zero-order valence-electron chi connectivity index (χ0n) is 38.1. The minimum absolute atomic E-state index is 0.114. The molecule has 0 saturated carbocycles. The number of fused-ring (bicyclic) bond motifs is 11. The van der Waals surface area contributed by atoms with Gasteiger partial charge in [-0.3, -0.25) is 8.97 Å². The first-order valence-corrected chi connectivity index (χ1v) is 23.7. The standard InChI is InChI=1S/C64H44N4O/c1-64(2)55-19-8-6-15-51(55)52-37-36-49(40-56(52)64)67-59-38-29-45(39-60(59)68-58-21-10-9-20-57(58)65-63(67)68)43-25-32-47(33-26-43)66(46-30-23-42(24-31-46)41-13-4-3-5-14-41)48-34-27-44(28-35-48)50-17-12-18-54-53-16-7-11-22-61(53)69-62(50)54/h3-40H,1-2H3. The van der Waals surface area contributed by atoms with E-state index in [1.807, 2.05) is 12.1 Å². The van der Waals surface area contributed by atoms with Crippen LogP contribution in [-0.4, -0.2) is 14.0 Å². The molecule has 0 amide bonds. The molecule has 3 aromatic heterocycles. The van der Waals surface area contributed by atoms with Crippen molar-refractivity contribution < 1.29 is 4.42 Å². The monoisotopic (exact) mass is 884 g/mol. The molecule has 0 bridgehead atoms. The molecule has 14 rings (SSSR count). The fourth-order valence-corrected chi connectivity index (χ4v) is 11.1. The van der Waals surface area contributed by atoms with Gasteiger partial charge in [0.05, 0.1) is 22.1 Å². The number of anilines is 3. The molecule has 0 aliphatic heterocycles. The molecule has 3 heterocycles. The van der Waals surface area contributed by atoms with Crippen LogP contribution in [0.1, 0.15) is 25.0 Å². The molecule has 0 atom stereocenters. The molecule has 1 aliphatic rings. The molecule has 10 aromatic carbocycles. The second-order valence-corrected chi connectivity index (χ2v) is 18.8. The molecule has 1 aliphatic carbocycles. The first-order valence-electron chi connectivity index (χ1n) is 23.7. The third-order valence-electron chi connectivity index (χ3n) is 14.6. The molecule has 0 saturated heterocycles. The minimum atomic E-state index is -0.114. The van der Waals surface area contributed by atoms with Gasteiger partial charge in [0.15, 0.2) is 0 Å². The highest BCUT2D eigenvalue weighted by molar-refractivity contribution is 6.09. The van der Waals surface area contributed by atoms with Crippen molar-refractivity contribution in [2.75, 3.05) is 4.90 Å². The van der Waals surface area contributed by atoms with Crippen molar-refractivity contribution in [3.8, 4) is 50.2 Å². The zero-order chi connectivity index (χ0) is 45.8. The summed E-state index contributed by atoms with van der Waals surface area (Å²) in [5.41, 5.74) is 22.5. The van der Waals surface area contributed by atoms with E-state index in [-0.39, 0.29) is 5.41 Å². The molecule has 0 fully saturated rings. The van der Waals surface area contributed by atoms with E-state index in [2.05, 4.69) is 246 Å². The third-order valence-corrected chi connectivity index (χ3v) is 14.6. The van der Waals surface area contributed by atoms with E-state index in [1.54, 1.807) is 0 Å². The lowest BCUT2D eigenvalue weighted by Gasteiger charge is -2.26. The number of nitrogens with zero attached hydrogens (tertiary/aromatic N) is 4. The molecule has 0 N–H and O–H groups in total. The fraction of sp³-hybridized carbons (Fsp3) is 0.0469. The van der Waals surface area contributed by atoms with Crippen LogP contribution in [0, 0.1) is 0 Å². The summed E-state index contributed by atoms with van der Waals surface area (Å²) in [6, 6.07) is 83.0. The first kappa shape index (κ1) is 39.3. The maximum atomic E-state index is 6.45. The van der Waals surface area contributed by atoms with Crippen LogP contribution in [0.3, 0.4) is 0 Å². The van der Waals surface area contributed by atoms with Gasteiger partial charge in [0, 0.05) is 44.5 Å². The van der Waals surface area contributed by atoms with Gasteiger partial charge < -0.3 is 9.32 Å². The Balaban J connectivity index is 0.860. The summed E-state index contributed by atoms with van der Waals surface area (Å²) in [6.07, 6.45) is 0. The van der Waals surface area contributed by atoms with Gasteiger partial charge >= 0.3 is 0 Å². The molecule has 0 spiro atoms. The zero-order valence-corrected chi connectivity index (χ0v) is 38.1. The van der Waals surface area contributed by atoms with Crippen LogP contribution in [0.25, 0.3) is 100.0 Å². The van der Waals surface area contributed by atoms with E-state index in [1.165, 1.54) is 33.4 Å². The van der Waals surface area contributed by atoms with Gasteiger partial charge in [0.2, 0.25) is 5.78 Å². The second-order valence-electron chi connectivity index (χ2n) is 18.8. The largest absolute Gasteiger partial charge is 0.455 e. The highest BCUT2D eigenvalue weighted by Gasteiger charge is 2.35. The van der Waals surface area contributed by atoms with Crippen LogP contribution in [-0.2, 0) is 5.41 Å². The van der Waals surface area contributed by atoms with E-state index in [0.717, 1.165) is 94.8 Å². The van der Waals surface area contributed by atoms with Crippen LogP contribution in [0.4, 0.5) is 17.1 Å². The predicted molar refractivity (Wildman–Crippen MR) is 285 cm³/mol. The van der Waals surface area contributed by atoms with Crippen LogP contribution in [0.5, 0.6) is 0 Å². The summed E-state index contributed by atoms with van der Waals surface area (Å²) in [6.45, 7) is 4.68. The summed E-state index contributed by atoms with van der Waals surface area (Å²) in [5, 5.41) is 2.26. The average molecular weight is 885 g/mol. The Hall–Kier alpha value is -8.93. The van der Waals surface area contributed by atoms with Gasteiger partial charge in [-0.2, -0.15) is 0 Å². The number of aromatic nitrogens is 3. The molecule has 5 nitrogen and oxygen atoms in total. The van der Waals surface area contributed by atoms with Crippen molar-refractivity contribution in [3.05, 3.63) is 242 Å². The third kappa shape index (κ3) is 6.07. The summed E-state index contributed by atoms with van der Waals surface area (Å²) in [4.78, 5) is 7.61. The second kappa shape index (κ2) is 15.0. The van der Waals surface area contributed by atoms with Crippen molar-refractivity contribution in [1.29, 1.82) is 0 Å². The number of imidazole rings is 2. The van der Waals surface area contributed by atoms with E-state index in [9.17, 15) is 0 Å². The summed E-state index contributed by atoms with van der Waals surface area (Å²) in [5.74, 6) is 0.904. The van der Waals surface area contributed by atoms with Crippen molar-refractivity contribution in [1.82, 2.24) is 14.0 Å². The van der Waals surface area contributed by atoms with Crippen molar-refractivity contribution in [3.63, 3.8) is 0 Å². The van der Waals surface area contributed by atoms with Crippen LogP contribution >= 0.6 is 0 Å². The summed E-state index contributed by atoms with van der Waals surface area (Å²) >= 11 is 0. The quantitative estimate of drug-likeness (QED) is 0.160. The van der Waals surface area contributed by atoms with Crippen LogP contribution in [0.15, 0.2) is 235 Å². The van der Waals surface area contributed by atoms with Gasteiger partial charge in [-0.1, -0.05) is 166 Å². The summed E-state index contributed by atoms with van der Waals surface area (Å²) < 4.78 is 11.1. The van der Waals surface area contributed by atoms with Gasteiger partial charge in [-0.25, -0.2) is 4.98 Å². The molecule has 0 radical (unpaired) electrons. The van der Waals surface area contributed by atoms with Gasteiger partial charge in [-0.15, -0.1) is 0 Å². The van der Waals surface area contributed by atoms with Gasteiger partial charge in [0.1, 0.15) is 11.2 Å². The Bertz CT molecular complexity index is 4140. The minimum Gasteiger partial charge on any atom is -0.455 e. The highest BCUT2D eigenvalue weighted by Crippen LogP contribution is 2.49. The Morgan fingerprint density at radius 1 is 0.420 bits per heavy atom. The molecular formula is C64H44N4O. The lowest BCUT2D eigenvalue weighted by Crippen LogP contribution is -2.15. The van der Waals surface area contributed by atoms with E-state index >= 15 is 0 Å². The predicted octanol–water partition coefficient (Wildman–Crippen LogP) is 17.1. The SMILES string of the molecule is CC1(C)c2ccccc2-c2ccc(-n3c4ccc(-c5ccc(N(c6ccc(-c7ccccc7)cc6)c6ccc(-c7cccc8c7oc7ccccc78)cc6)cc5)cc4n4c5ccccc5nc34)cc21. The lowest BCUT2D eigenvalue weighted by molar-refractivity contribution is 0.660. The molecular weight excluding hydrogens is 841 g/mol. The molecule has 0 unspecified atom stereocenters. The molecule has 326 valence electrons. The van der Waals surface area contributed by atoms with Crippen molar-refractivity contribution in [2.45, 2.75) is 19.3 Å². The van der Waals surface area contributed by atoms with Crippen LogP contribution < -0.4 is 4.90 Å². The van der Waals surface area contributed by atoms with Gasteiger partial charge in [0.25, 0.3) is 0 Å². The topological polar surface area (TPSA) is 38.6 Å². The fourth-order valence-electron chi connectivity index (χ4n) is 11.1. The maximum Gasteiger partial charge on any atom is 0.220 e. The Morgan fingerprint density at radius 2 is 1.01 bits per heavy atom. The smallest absolute Gasteiger partial charge is 0.220 e. The number of rotatable bonds is 7. The Labute approximate surface area is 399 Å². The Kier molecular flexibility index (Phi) is 8.56. The normalized spacial score (nSPS) is 12.9. The maximum absolute atomic E-state index is 6.45. The Morgan fingerprint density at radius 3 is 1.80 bits per heavy atom. The van der Waals surface area contributed by atoms with E-state index in [0.29, 0.717) is 0 Å². The number of furan rings is 1. The van der Waals surface area contributed by atoms with Gasteiger partial charge in [-0.05, 0) is 129 Å². The molecule has 69 heavy (non-hydrogen) atoms. The molecule has 13 aromatic rings. The van der Waals surface area contributed by atoms with E-state index < -0.39 is 0 Å². The number of hydrogen-bond acceptors (Lipinski definition) is 3. The average Bonchev–Trinajstić information content (AvgIpc) is 4.13. The van der Waals surface area contributed by atoms with Crippen LogP contribution in [0.2, 0.25) is 0 Å². The number of para-hydroxylation sites is 4. The molecule has 5 heteroatoms. The first-order chi connectivity index (χ1) is 34.0. The lowest BCUT2D eigenvalue weighted by atomic mass is 9.82. The number of benzene rings is 10. The van der Waals surface area contributed by atoms with E-state index in [4.69, 9.17) is 9.40 Å². The van der Waals surface area contributed by atoms with Crippen molar-refractivity contribution >= 4 is 66.8 Å². The summed E-state index contributed by atoms with van der Waals surface area (Å²) in [7, 11) is 0.